The number of aryl methyl sites for hydroxylation is 2. The van der Waals surface area contributed by atoms with Crippen LogP contribution in [0.4, 0.5) is 11.4 Å². The van der Waals surface area contributed by atoms with E-state index in [1.54, 1.807) is 12.1 Å². The van der Waals surface area contributed by atoms with Gasteiger partial charge in [0.05, 0.1) is 0 Å². The standard InChI is InChI=1S/C32H20Cl2N2O4/c1-17-7-3-5-9-23(17)37-19-11-13-21-25(15-19)39-31-27(33)30-32(28(34)29(31)35-21)40-26-16-20(12-14-22(26)36-30)38-24-10-6-4-8-18(24)2/h3-16H,1-2H3. The van der Waals surface area contributed by atoms with Gasteiger partial charge in [0.25, 0.3) is 0 Å². The van der Waals surface area contributed by atoms with Crippen molar-refractivity contribution in [3.05, 3.63) is 117 Å². The lowest BCUT2D eigenvalue weighted by Gasteiger charge is -2.21. The molecule has 0 amide bonds. The van der Waals surface area contributed by atoms with Gasteiger partial charge >= 0.3 is 0 Å². The first kappa shape index (κ1) is 24.5. The third-order valence-corrected chi connectivity index (χ3v) is 7.34. The maximum atomic E-state index is 6.82. The molecule has 2 aliphatic rings. The highest BCUT2D eigenvalue weighted by Crippen LogP contribution is 2.45. The van der Waals surface area contributed by atoms with Crippen LogP contribution in [0.15, 0.2) is 94.9 Å². The summed E-state index contributed by atoms with van der Waals surface area (Å²) in [5.74, 6) is 4.33. The van der Waals surface area contributed by atoms with Crippen LogP contribution in [0.1, 0.15) is 11.1 Å². The molecule has 5 aromatic carbocycles. The summed E-state index contributed by atoms with van der Waals surface area (Å²) in [6.45, 7) is 3.98. The van der Waals surface area contributed by atoms with Crippen molar-refractivity contribution >= 4 is 34.6 Å². The van der Waals surface area contributed by atoms with E-state index in [1.165, 1.54) is 0 Å². The number of hydrogen-bond donors (Lipinski definition) is 0. The first-order valence-corrected chi connectivity index (χ1v) is 13.3. The molecule has 2 heterocycles. The van der Waals surface area contributed by atoms with E-state index in [9.17, 15) is 0 Å². The molecule has 0 unspecified atom stereocenters. The van der Waals surface area contributed by atoms with Crippen LogP contribution >= 0.6 is 23.2 Å². The number of para-hydroxylation sites is 2. The molecule has 0 fully saturated rings. The van der Waals surface area contributed by atoms with Crippen molar-refractivity contribution in [1.29, 1.82) is 0 Å². The maximum absolute atomic E-state index is 6.82. The number of nitrogens with zero attached hydrogens (tertiary/aromatic N) is 2. The van der Waals surface area contributed by atoms with Crippen LogP contribution in [-0.2, 0) is 0 Å². The lowest BCUT2D eigenvalue weighted by atomic mass is 10.2. The maximum Gasteiger partial charge on any atom is 0.175 e. The topological polar surface area (TPSA) is 61.6 Å². The van der Waals surface area contributed by atoms with Crippen molar-refractivity contribution < 1.29 is 18.9 Å². The highest BCUT2D eigenvalue weighted by atomic mass is 35.5. The fraction of sp³-hybridized carbons (Fsp3) is 0.0625. The first-order valence-electron chi connectivity index (χ1n) is 12.5. The summed E-state index contributed by atoms with van der Waals surface area (Å²) in [6.07, 6.45) is 0. The Labute approximate surface area is 239 Å². The molecule has 2 aliphatic heterocycles. The van der Waals surface area contributed by atoms with Gasteiger partial charge in [-0.1, -0.05) is 59.6 Å². The summed E-state index contributed by atoms with van der Waals surface area (Å²) in [5.41, 5.74) is 3.22. The highest BCUT2D eigenvalue weighted by molar-refractivity contribution is 6.35. The Hall–Kier alpha value is -4.52. The summed E-state index contributed by atoms with van der Waals surface area (Å²) in [6, 6.07) is 26.4. The van der Waals surface area contributed by atoms with Gasteiger partial charge in [-0.3, -0.25) is 0 Å². The summed E-state index contributed by atoms with van der Waals surface area (Å²) in [5, 5.41) is 1.24. The molecule has 5 aromatic rings. The second kappa shape index (κ2) is 9.59. The van der Waals surface area contributed by atoms with Crippen LogP contribution in [0.3, 0.4) is 0 Å². The molecule has 0 saturated carbocycles. The van der Waals surface area contributed by atoms with E-state index in [2.05, 4.69) is 0 Å². The number of hydrogen-bond acceptors (Lipinski definition) is 6. The van der Waals surface area contributed by atoms with Crippen molar-refractivity contribution in [3.8, 4) is 46.0 Å². The van der Waals surface area contributed by atoms with E-state index in [0.29, 0.717) is 56.6 Å². The predicted octanol–water partition coefficient (Wildman–Crippen LogP) is 9.31. The van der Waals surface area contributed by atoms with E-state index < -0.39 is 0 Å². The van der Waals surface area contributed by atoms with Crippen LogP contribution in [0.25, 0.3) is 0 Å². The van der Waals surface area contributed by atoms with Crippen molar-refractivity contribution in [2.45, 2.75) is 13.8 Å². The van der Waals surface area contributed by atoms with Gasteiger partial charge < -0.3 is 18.9 Å². The van der Waals surface area contributed by atoms with Gasteiger partial charge in [-0.25, -0.2) is 9.98 Å². The van der Waals surface area contributed by atoms with E-state index in [-0.39, 0.29) is 10.0 Å². The SMILES string of the molecule is Cc1ccccc1Oc1ccc2c(c1)Oc1c(Cl)c3c(c(Cl)c1=N2)Oc1cc(Oc2ccccc2C)ccc1N=3. The Morgan fingerprint density at radius 3 is 1.43 bits per heavy atom. The van der Waals surface area contributed by atoms with Crippen LogP contribution < -0.4 is 29.7 Å². The zero-order chi connectivity index (χ0) is 27.4. The van der Waals surface area contributed by atoms with Crippen LogP contribution in [0.5, 0.6) is 46.0 Å². The minimum Gasteiger partial charge on any atom is -0.457 e. The Kier molecular flexibility index (Phi) is 5.88. The molecule has 0 aromatic heterocycles. The molecule has 0 atom stereocenters. The highest BCUT2D eigenvalue weighted by Gasteiger charge is 2.27. The molecular weight excluding hydrogens is 547 g/mol. The largest absolute Gasteiger partial charge is 0.457 e. The van der Waals surface area contributed by atoms with Crippen LogP contribution in [0.2, 0.25) is 10.0 Å². The monoisotopic (exact) mass is 566 g/mol. The fourth-order valence-electron chi connectivity index (χ4n) is 4.53. The molecule has 0 bridgehead atoms. The number of rotatable bonds is 4. The minimum atomic E-state index is 0.250. The smallest absolute Gasteiger partial charge is 0.175 e. The molecule has 0 spiro atoms. The Balaban J connectivity index is 1.25. The minimum absolute atomic E-state index is 0.250. The summed E-state index contributed by atoms with van der Waals surface area (Å²) >= 11 is 13.6. The van der Waals surface area contributed by atoms with Gasteiger partial charge in [-0.05, 0) is 61.4 Å². The van der Waals surface area contributed by atoms with Gasteiger partial charge in [0, 0.05) is 12.1 Å². The van der Waals surface area contributed by atoms with Crippen molar-refractivity contribution in [1.82, 2.24) is 0 Å². The van der Waals surface area contributed by atoms with Crippen molar-refractivity contribution in [2.75, 3.05) is 0 Å². The molecule has 0 saturated heterocycles. The molecule has 0 aliphatic carbocycles. The lowest BCUT2D eigenvalue weighted by Crippen LogP contribution is -2.22. The van der Waals surface area contributed by atoms with Crippen LogP contribution in [0, 0.1) is 13.8 Å². The Morgan fingerprint density at radius 1 is 0.575 bits per heavy atom. The molecule has 0 radical (unpaired) electrons. The predicted molar refractivity (Wildman–Crippen MR) is 154 cm³/mol. The van der Waals surface area contributed by atoms with E-state index in [1.807, 2.05) is 86.6 Å². The van der Waals surface area contributed by atoms with E-state index in [0.717, 1.165) is 22.6 Å². The molecule has 0 N–H and O–H groups in total. The third-order valence-electron chi connectivity index (χ3n) is 6.64. The second-order valence-corrected chi connectivity index (χ2v) is 10.2. The summed E-state index contributed by atoms with van der Waals surface area (Å²) < 4.78 is 24.6. The van der Waals surface area contributed by atoms with Gasteiger partial charge in [-0.15, -0.1) is 0 Å². The van der Waals surface area contributed by atoms with Gasteiger partial charge in [0.1, 0.15) is 55.1 Å². The Morgan fingerprint density at radius 2 is 1.00 bits per heavy atom. The lowest BCUT2D eigenvalue weighted by molar-refractivity contribution is 0.439. The van der Waals surface area contributed by atoms with Crippen molar-refractivity contribution in [2.24, 2.45) is 9.98 Å². The quantitative estimate of drug-likeness (QED) is 0.213. The summed E-state index contributed by atoms with van der Waals surface area (Å²) in [4.78, 5) is 9.48. The molecule has 40 heavy (non-hydrogen) atoms. The average molecular weight is 567 g/mol. The fourth-order valence-corrected chi connectivity index (χ4v) is 5.04. The number of fused-ring (bicyclic) bond motifs is 4. The van der Waals surface area contributed by atoms with Gasteiger partial charge in [0.2, 0.25) is 0 Å². The average Bonchev–Trinajstić information content (AvgIpc) is 2.97. The zero-order valence-electron chi connectivity index (χ0n) is 21.4. The van der Waals surface area contributed by atoms with Crippen molar-refractivity contribution in [3.63, 3.8) is 0 Å². The molecule has 7 rings (SSSR count). The van der Waals surface area contributed by atoms with Crippen LogP contribution in [-0.4, -0.2) is 0 Å². The number of halogens is 2. The second-order valence-electron chi connectivity index (χ2n) is 9.41. The molecule has 8 heteroatoms. The van der Waals surface area contributed by atoms with E-state index in [4.69, 9.17) is 52.1 Å². The van der Waals surface area contributed by atoms with E-state index >= 15 is 0 Å². The zero-order valence-corrected chi connectivity index (χ0v) is 22.9. The molecule has 6 nitrogen and oxygen atoms in total. The molecular formula is C32H20Cl2N2O4. The van der Waals surface area contributed by atoms with Gasteiger partial charge in [0.15, 0.2) is 23.0 Å². The first-order chi connectivity index (χ1) is 19.4. The molecule has 196 valence electrons. The summed E-state index contributed by atoms with van der Waals surface area (Å²) in [7, 11) is 0. The number of ether oxygens (including phenoxy) is 4. The number of benzene rings is 5. The third kappa shape index (κ3) is 4.22. The Bertz CT molecular complexity index is 1830. The normalized spacial score (nSPS) is 12.3. The van der Waals surface area contributed by atoms with Gasteiger partial charge in [-0.2, -0.15) is 0 Å².